The Morgan fingerprint density at radius 2 is 1.82 bits per heavy atom. The minimum atomic E-state index is -1.05. The first kappa shape index (κ1) is 22.1. The molecule has 33 heavy (non-hydrogen) atoms. The number of halogens is 1. The van der Waals surface area contributed by atoms with E-state index in [1.54, 1.807) is 48.5 Å². The molecule has 1 heterocycles. The molecule has 3 aromatic carbocycles. The number of amides is 2. The number of nitrogens with zero attached hydrogens (tertiary/aromatic N) is 2. The summed E-state index contributed by atoms with van der Waals surface area (Å²) in [6.45, 7) is 0.0941. The third-order valence-corrected chi connectivity index (χ3v) is 5.68. The van der Waals surface area contributed by atoms with Gasteiger partial charge in [0.05, 0.1) is 28.4 Å². The number of carbonyl (C=O) groups is 3. The van der Waals surface area contributed by atoms with Crippen LogP contribution >= 0.6 is 11.6 Å². The highest BCUT2D eigenvalue weighted by atomic mass is 35.5. The summed E-state index contributed by atoms with van der Waals surface area (Å²) in [5.74, 6) is -1.79. The van der Waals surface area contributed by atoms with E-state index in [1.807, 2.05) is 0 Å². The molecule has 0 radical (unpaired) electrons. The van der Waals surface area contributed by atoms with Gasteiger partial charge in [-0.1, -0.05) is 35.9 Å². The lowest BCUT2D eigenvalue weighted by atomic mass is 10.0. The first-order chi connectivity index (χ1) is 15.9. The van der Waals surface area contributed by atoms with E-state index in [0.717, 1.165) is 5.56 Å². The number of carboxylic acid groups (broad SMARTS) is 1. The van der Waals surface area contributed by atoms with Gasteiger partial charge in [0.15, 0.2) is 0 Å². The van der Waals surface area contributed by atoms with Crippen LogP contribution in [0.1, 0.15) is 37.4 Å². The largest absolute Gasteiger partial charge is 0.478 e. The maximum Gasteiger partial charge on any atom is 0.335 e. The van der Waals surface area contributed by atoms with Crippen LogP contribution in [-0.4, -0.2) is 33.8 Å². The molecule has 2 amide bonds. The van der Waals surface area contributed by atoms with Gasteiger partial charge in [0.25, 0.3) is 5.91 Å². The van der Waals surface area contributed by atoms with Gasteiger partial charge in [0, 0.05) is 18.0 Å². The lowest BCUT2D eigenvalue weighted by molar-refractivity contribution is -0.120. The normalized spacial score (nSPS) is 15.3. The molecule has 1 aliphatic heterocycles. The number of hydrogen-bond donors (Lipinski definition) is 2. The fraction of sp³-hybridized carbons (Fsp3) is 0.120. The summed E-state index contributed by atoms with van der Waals surface area (Å²) in [7, 11) is 0. The first-order valence-electron chi connectivity index (χ1n) is 10.1. The molecule has 0 spiro atoms. The van der Waals surface area contributed by atoms with Crippen molar-refractivity contribution in [3.05, 3.63) is 99.6 Å². The molecular formula is C25H18ClN3O4. The Bertz CT molecular complexity index is 1300. The maximum atomic E-state index is 13.5. The fourth-order valence-electron chi connectivity index (χ4n) is 3.79. The van der Waals surface area contributed by atoms with Crippen LogP contribution in [0.4, 0.5) is 5.69 Å². The van der Waals surface area contributed by atoms with Gasteiger partial charge in [-0.25, -0.2) is 4.79 Å². The summed E-state index contributed by atoms with van der Waals surface area (Å²) in [5.41, 5.74) is 2.63. The monoisotopic (exact) mass is 459 g/mol. The second kappa shape index (κ2) is 9.15. The van der Waals surface area contributed by atoms with Crippen molar-refractivity contribution in [2.45, 2.75) is 19.0 Å². The maximum absolute atomic E-state index is 13.5. The third kappa shape index (κ3) is 4.71. The van der Waals surface area contributed by atoms with Gasteiger partial charge in [-0.15, -0.1) is 0 Å². The van der Waals surface area contributed by atoms with E-state index in [2.05, 4.69) is 11.4 Å². The van der Waals surface area contributed by atoms with Crippen LogP contribution in [0.3, 0.4) is 0 Å². The lowest BCUT2D eigenvalue weighted by Gasteiger charge is -2.29. The van der Waals surface area contributed by atoms with Crippen LogP contribution in [-0.2, 0) is 17.8 Å². The predicted molar refractivity (Wildman–Crippen MR) is 122 cm³/mol. The number of anilines is 1. The average Bonchev–Trinajstić information content (AvgIpc) is 2.89. The van der Waals surface area contributed by atoms with Gasteiger partial charge < -0.3 is 15.3 Å². The van der Waals surface area contributed by atoms with Crippen molar-refractivity contribution in [3.63, 3.8) is 0 Å². The standard InChI is InChI=1S/C25H18ClN3O4/c26-19-8-9-20-21(12-19)28-23(30)22(11-16-2-1-3-17(10-16)13-27)29(24(20)31)14-15-4-6-18(7-5-15)25(32)33/h1-10,12,22H,11,14H2,(H,28,30)(H,32,33)/t22-/m1/s1. The van der Waals surface area contributed by atoms with E-state index in [4.69, 9.17) is 16.7 Å². The van der Waals surface area contributed by atoms with E-state index in [9.17, 15) is 19.6 Å². The molecule has 0 unspecified atom stereocenters. The van der Waals surface area contributed by atoms with Gasteiger partial charge in [-0.3, -0.25) is 9.59 Å². The molecule has 0 aliphatic carbocycles. The summed E-state index contributed by atoms with van der Waals surface area (Å²) < 4.78 is 0. The molecule has 1 aliphatic rings. The molecule has 0 bridgehead atoms. The number of nitriles is 1. The van der Waals surface area contributed by atoms with Gasteiger partial charge in [0.1, 0.15) is 6.04 Å². The first-order valence-corrected chi connectivity index (χ1v) is 10.5. The van der Waals surface area contributed by atoms with E-state index in [0.29, 0.717) is 27.4 Å². The molecule has 1 atom stereocenters. The SMILES string of the molecule is N#Cc1cccc(C[C@@H]2C(=O)Nc3cc(Cl)ccc3C(=O)N2Cc2ccc(C(=O)O)cc2)c1. The number of carbonyl (C=O) groups excluding carboxylic acids is 2. The summed E-state index contributed by atoms with van der Waals surface area (Å²) >= 11 is 6.08. The molecule has 0 saturated carbocycles. The van der Waals surface area contributed by atoms with Crippen LogP contribution in [0, 0.1) is 11.3 Å². The summed E-state index contributed by atoms with van der Waals surface area (Å²) in [6.07, 6.45) is 0.196. The summed E-state index contributed by atoms with van der Waals surface area (Å²) in [6, 6.07) is 18.9. The molecule has 3 aromatic rings. The molecule has 164 valence electrons. The Kier molecular flexibility index (Phi) is 6.11. The molecule has 4 rings (SSSR count). The van der Waals surface area contributed by atoms with E-state index in [1.165, 1.54) is 23.1 Å². The van der Waals surface area contributed by atoms with Gasteiger partial charge >= 0.3 is 5.97 Å². The van der Waals surface area contributed by atoms with Gasteiger partial charge in [-0.05, 0) is 53.6 Å². The molecule has 0 saturated heterocycles. The van der Waals surface area contributed by atoms with Crippen LogP contribution < -0.4 is 5.32 Å². The number of benzene rings is 3. The second-order valence-corrected chi connectivity index (χ2v) is 8.08. The number of nitrogens with one attached hydrogen (secondary N) is 1. The Labute approximate surface area is 194 Å². The molecular weight excluding hydrogens is 442 g/mol. The van der Waals surface area contributed by atoms with Gasteiger partial charge in [0.2, 0.25) is 5.91 Å². The zero-order valence-electron chi connectivity index (χ0n) is 17.3. The van der Waals surface area contributed by atoms with Crippen molar-refractivity contribution in [1.29, 1.82) is 5.26 Å². The lowest BCUT2D eigenvalue weighted by Crippen LogP contribution is -2.46. The predicted octanol–water partition coefficient (Wildman–Crippen LogP) is 4.12. The fourth-order valence-corrected chi connectivity index (χ4v) is 3.96. The number of carboxylic acids is 1. The number of aromatic carboxylic acids is 1. The number of fused-ring (bicyclic) bond motifs is 1. The minimum Gasteiger partial charge on any atom is -0.478 e. The average molecular weight is 460 g/mol. The van der Waals surface area contributed by atoms with E-state index in [-0.39, 0.29) is 30.3 Å². The zero-order chi connectivity index (χ0) is 23.5. The number of hydrogen-bond acceptors (Lipinski definition) is 4. The molecule has 0 fully saturated rings. The third-order valence-electron chi connectivity index (χ3n) is 5.45. The van der Waals surface area contributed by atoms with Crippen molar-refractivity contribution >= 4 is 35.1 Å². The van der Waals surface area contributed by atoms with Crippen molar-refractivity contribution < 1.29 is 19.5 Å². The molecule has 0 aromatic heterocycles. The van der Waals surface area contributed by atoms with Crippen LogP contribution in [0.25, 0.3) is 0 Å². The van der Waals surface area contributed by atoms with Crippen LogP contribution in [0.5, 0.6) is 0 Å². The topological polar surface area (TPSA) is 111 Å². The van der Waals surface area contributed by atoms with Crippen molar-refractivity contribution in [2.24, 2.45) is 0 Å². The Balaban J connectivity index is 1.74. The van der Waals surface area contributed by atoms with Crippen molar-refractivity contribution in [2.75, 3.05) is 5.32 Å². The van der Waals surface area contributed by atoms with Crippen LogP contribution in [0.15, 0.2) is 66.7 Å². The molecule has 2 N–H and O–H groups in total. The van der Waals surface area contributed by atoms with E-state index >= 15 is 0 Å². The highest BCUT2D eigenvalue weighted by Gasteiger charge is 2.35. The Hall–Kier alpha value is -4.15. The summed E-state index contributed by atoms with van der Waals surface area (Å²) in [4.78, 5) is 39.4. The molecule has 7 nitrogen and oxygen atoms in total. The van der Waals surface area contributed by atoms with Crippen molar-refractivity contribution in [1.82, 2.24) is 4.90 Å². The van der Waals surface area contributed by atoms with E-state index < -0.39 is 12.0 Å². The summed E-state index contributed by atoms with van der Waals surface area (Å²) in [5, 5.41) is 21.5. The number of rotatable bonds is 5. The smallest absolute Gasteiger partial charge is 0.335 e. The second-order valence-electron chi connectivity index (χ2n) is 7.65. The zero-order valence-corrected chi connectivity index (χ0v) is 18.0. The quantitative estimate of drug-likeness (QED) is 0.596. The highest BCUT2D eigenvalue weighted by molar-refractivity contribution is 6.31. The Morgan fingerprint density at radius 1 is 1.06 bits per heavy atom. The molecule has 8 heteroatoms. The highest BCUT2D eigenvalue weighted by Crippen LogP contribution is 2.29. The van der Waals surface area contributed by atoms with Crippen LogP contribution in [0.2, 0.25) is 5.02 Å². The van der Waals surface area contributed by atoms with Crippen molar-refractivity contribution in [3.8, 4) is 6.07 Å². The minimum absolute atomic E-state index is 0.0941. The Morgan fingerprint density at radius 3 is 2.52 bits per heavy atom. The van der Waals surface area contributed by atoms with Gasteiger partial charge in [-0.2, -0.15) is 5.26 Å².